The van der Waals surface area contributed by atoms with E-state index in [4.69, 9.17) is 0 Å². The number of esters is 1. The molecule has 0 aromatic heterocycles. The van der Waals surface area contributed by atoms with Crippen molar-refractivity contribution in [3.8, 4) is 0 Å². The van der Waals surface area contributed by atoms with Crippen LogP contribution in [0, 0.1) is 0 Å². The van der Waals surface area contributed by atoms with Crippen LogP contribution in [-0.2, 0) is 24.2 Å². The Labute approximate surface area is 116 Å². The first-order valence-corrected chi connectivity index (χ1v) is 8.55. The summed E-state index contributed by atoms with van der Waals surface area (Å²) < 4.78 is 26.7. The van der Waals surface area contributed by atoms with Gasteiger partial charge in [-0.2, -0.15) is 0 Å². The van der Waals surface area contributed by atoms with E-state index in [1.54, 1.807) is 0 Å². The molecule has 0 saturated carbocycles. The highest BCUT2D eigenvalue weighted by atomic mass is 32.2. The van der Waals surface area contributed by atoms with Crippen LogP contribution in [-0.4, -0.2) is 67.7 Å². The average molecular weight is 311 g/mol. The summed E-state index contributed by atoms with van der Waals surface area (Å²) in [6, 6.07) is 0. The van der Waals surface area contributed by atoms with Gasteiger partial charge >= 0.3 is 5.97 Å². The molecule has 2 N–H and O–H groups in total. The van der Waals surface area contributed by atoms with Crippen LogP contribution in [0.4, 0.5) is 0 Å². The highest BCUT2D eigenvalue weighted by Gasteiger charge is 2.28. The second-order valence-corrected chi connectivity index (χ2v) is 7.70. The van der Waals surface area contributed by atoms with Gasteiger partial charge in [-0.25, -0.2) is 13.2 Å². The van der Waals surface area contributed by atoms with Gasteiger partial charge in [0.1, 0.15) is 0 Å². The van der Waals surface area contributed by atoms with E-state index in [2.05, 4.69) is 10.1 Å². The van der Waals surface area contributed by atoms with Gasteiger partial charge < -0.3 is 15.2 Å². The first kappa shape index (κ1) is 16.3. The van der Waals surface area contributed by atoms with Crippen LogP contribution in [0.25, 0.3) is 0 Å². The molecule has 1 aliphatic heterocycles. The molecule has 1 saturated heterocycles. The van der Waals surface area contributed by atoms with E-state index in [0.29, 0.717) is 6.42 Å². The molecule has 9 heteroatoms. The topological polar surface area (TPSA) is 110 Å². The molecular weight excluding hydrogens is 294 g/mol. The maximum atomic E-state index is 11.4. The zero-order valence-corrected chi connectivity index (χ0v) is 12.1. The van der Waals surface area contributed by atoms with Crippen LogP contribution >= 0.6 is 11.8 Å². The number of methoxy groups -OCH3 is 1. The lowest BCUT2D eigenvalue weighted by atomic mass is 10.3. The Bertz CT molecular complexity index is 435. The smallest absolute Gasteiger partial charge is 0.336 e. The highest BCUT2D eigenvalue weighted by Crippen LogP contribution is 2.23. The molecule has 0 aromatic carbocycles. The molecule has 0 spiro atoms. The van der Waals surface area contributed by atoms with Gasteiger partial charge in [-0.05, 0) is 6.42 Å². The molecule has 0 bridgehead atoms. The first-order chi connectivity index (χ1) is 8.84. The van der Waals surface area contributed by atoms with Gasteiger partial charge in [0.25, 0.3) is 0 Å². The minimum Gasteiger partial charge on any atom is -0.467 e. The quantitative estimate of drug-likeness (QED) is 0.578. The molecule has 2 unspecified atom stereocenters. The van der Waals surface area contributed by atoms with E-state index < -0.39 is 21.9 Å². The van der Waals surface area contributed by atoms with Crippen LogP contribution in [0.15, 0.2) is 0 Å². The van der Waals surface area contributed by atoms with Gasteiger partial charge in [0, 0.05) is 5.25 Å². The van der Waals surface area contributed by atoms with Crippen molar-refractivity contribution in [2.75, 3.05) is 30.9 Å². The molecule has 2 atom stereocenters. The van der Waals surface area contributed by atoms with Crippen molar-refractivity contribution in [3.63, 3.8) is 0 Å². The highest BCUT2D eigenvalue weighted by molar-refractivity contribution is 8.02. The summed E-state index contributed by atoms with van der Waals surface area (Å²) in [5, 5.41) is 11.6. The minimum atomic E-state index is -2.94. The van der Waals surface area contributed by atoms with Crippen molar-refractivity contribution in [2.24, 2.45) is 0 Å². The Hall–Kier alpha value is -0.800. The number of aliphatic hydroxyl groups excluding tert-OH is 1. The third-order valence-corrected chi connectivity index (χ3v) is 5.89. The fraction of sp³-hybridized carbons (Fsp3) is 0.800. The lowest BCUT2D eigenvalue weighted by Gasteiger charge is -2.11. The number of ether oxygens (including phenoxy) is 1. The van der Waals surface area contributed by atoms with Crippen molar-refractivity contribution in [1.82, 2.24) is 5.32 Å². The summed E-state index contributed by atoms with van der Waals surface area (Å²) in [5.41, 5.74) is 0. The molecule has 1 aliphatic rings. The number of aliphatic hydroxyl groups is 1. The SMILES string of the molecule is COC(=O)C(O)CNC(=O)CSC1CCS(=O)(=O)C1. The number of rotatable bonds is 6. The van der Waals surface area contributed by atoms with Crippen LogP contribution < -0.4 is 5.32 Å². The molecule has 0 aromatic rings. The zero-order valence-electron chi connectivity index (χ0n) is 10.5. The van der Waals surface area contributed by atoms with Gasteiger partial charge in [-0.15, -0.1) is 11.8 Å². The Kier molecular flexibility index (Phi) is 6.08. The first-order valence-electron chi connectivity index (χ1n) is 5.68. The normalized spacial score (nSPS) is 22.7. The largest absolute Gasteiger partial charge is 0.467 e. The maximum Gasteiger partial charge on any atom is 0.336 e. The number of amides is 1. The number of hydrogen-bond donors (Lipinski definition) is 2. The second-order valence-electron chi connectivity index (χ2n) is 4.18. The molecule has 1 fully saturated rings. The summed E-state index contributed by atoms with van der Waals surface area (Å²) in [4.78, 5) is 22.3. The average Bonchev–Trinajstić information content (AvgIpc) is 2.72. The van der Waals surface area contributed by atoms with Gasteiger partial charge in [0.05, 0.1) is 30.9 Å². The summed E-state index contributed by atoms with van der Waals surface area (Å²) >= 11 is 1.27. The number of carbonyl (C=O) groups is 2. The standard InChI is InChI=1S/C10H17NO6S2/c1-17-10(14)8(12)4-11-9(13)5-18-7-2-3-19(15,16)6-7/h7-8,12H,2-6H2,1H3,(H,11,13). The van der Waals surface area contributed by atoms with Gasteiger partial charge in [0.15, 0.2) is 15.9 Å². The number of nitrogens with one attached hydrogen (secondary N) is 1. The van der Waals surface area contributed by atoms with E-state index in [1.807, 2.05) is 0 Å². The lowest BCUT2D eigenvalue weighted by Crippen LogP contribution is -2.38. The van der Waals surface area contributed by atoms with Gasteiger partial charge in [0.2, 0.25) is 5.91 Å². The van der Waals surface area contributed by atoms with Crippen LogP contribution in [0.1, 0.15) is 6.42 Å². The Morgan fingerprint density at radius 3 is 2.74 bits per heavy atom. The van der Waals surface area contributed by atoms with Gasteiger partial charge in [-0.3, -0.25) is 4.79 Å². The molecule has 1 rings (SSSR count). The monoisotopic (exact) mass is 311 g/mol. The predicted octanol–water partition coefficient (Wildman–Crippen LogP) is -1.44. The van der Waals surface area contributed by atoms with E-state index >= 15 is 0 Å². The number of thioether (sulfide) groups is 1. The summed E-state index contributed by atoms with van der Waals surface area (Å²) in [7, 11) is -1.79. The number of carbonyl (C=O) groups excluding carboxylic acids is 2. The molecule has 19 heavy (non-hydrogen) atoms. The number of hydrogen-bond acceptors (Lipinski definition) is 7. The Morgan fingerprint density at radius 1 is 1.53 bits per heavy atom. The fourth-order valence-electron chi connectivity index (χ4n) is 1.57. The van der Waals surface area contributed by atoms with Crippen LogP contribution in [0.2, 0.25) is 0 Å². The fourth-order valence-corrected chi connectivity index (χ4v) is 5.04. The molecule has 1 amide bonds. The maximum absolute atomic E-state index is 11.4. The van der Waals surface area contributed by atoms with Crippen molar-refractivity contribution in [2.45, 2.75) is 17.8 Å². The molecule has 1 heterocycles. The summed E-state index contributed by atoms with van der Waals surface area (Å²) in [6.45, 7) is -0.213. The Balaban J connectivity index is 2.20. The molecule has 0 radical (unpaired) electrons. The Morgan fingerprint density at radius 2 is 2.21 bits per heavy atom. The third-order valence-electron chi connectivity index (χ3n) is 2.61. The van der Waals surface area contributed by atoms with Gasteiger partial charge in [-0.1, -0.05) is 0 Å². The lowest BCUT2D eigenvalue weighted by molar-refractivity contribution is -0.150. The molecule has 110 valence electrons. The van der Waals surface area contributed by atoms with Crippen molar-refractivity contribution >= 4 is 33.5 Å². The van der Waals surface area contributed by atoms with Crippen molar-refractivity contribution in [1.29, 1.82) is 0 Å². The number of sulfone groups is 1. The predicted molar refractivity (Wildman–Crippen MR) is 70.5 cm³/mol. The minimum absolute atomic E-state index is 0.0544. The third kappa shape index (κ3) is 5.79. The summed E-state index contributed by atoms with van der Waals surface area (Å²) in [6.07, 6.45) is -0.823. The van der Waals surface area contributed by atoms with E-state index in [0.717, 1.165) is 7.11 Å². The van der Waals surface area contributed by atoms with Crippen molar-refractivity contribution in [3.05, 3.63) is 0 Å². The molecular formula is C10H17NO6S2. The second kappa shape index (κ2) is 7.11. The van der Waals surface area contributed by atoms with Crippen molar-refractivity contribution < 1.29 is 27.9 Å². The molecule has 0 aliphatic carbocycles. The van der Waals surface area contributed by atoms with Crippen LogP contribution in [0.5, 0.6) is 0 Å². The zero-order chi connectivity index (χ0) is 14.5. The summed E-state index contributed by atoms with van der Waals surface area (Å²) in [5.74, 6) is -0.774. The van der Waals surface area contributed by atoms with E-state index in [9.17, 15) is 23.1 Å². The van der Waals surface area contributed by atoms with Crippen LogP contribution in [0.3, 0.4) is 0 Å². The molecule has 7 nitrogen and oxygen atoms in total. The van der Waals surface area contributed by atoms with E-state index in [1.165, 1.54) is 11.8 Å². The van der Waals surface area contributed by atoms with E-state index in [-0.39, 0.29) is 35.0 Å².